The molecule has 0 N–H and O–H groups in total. The van der Waals surface area contributed by atoms with Gasteiger partial charge in [0.1, 0.15) is 11.6 Å². The summed E-state index contributed by atoms with van der Waals surface area (Å²) in [5.74, 6) is -1.15. The Bertz CT molecular complexity index is 1250. The molecule has 1 amide bonds. The van der Waals surface area contributed by atoms with Crippen molar-refractivity contribution in [3.05, 3.63) is 71.9 Å². The maximum absolute atomic E-state index is 13.9. The minimum atomic E-state index is -0.728. The van der Waals surface area contributed by atoms with E-state index in [1.165, 1.54) is 4.90 Å². The van der Waals surface area contributed by atoms with E-state index in [4.69, 9.17) is 4.52 Å². The molecule has 0 unspecified atom stereocenters. The highest BCUT2D eigenvalue weighted by Crippen LogP contribution is 2.26. The van der Waals surface area contributed by atoms with Gasteiger partial charge in [0.05, 0.1) is 17.8 Å². The molecule has 1 saturated heterocycles. The first-order valence-electron chi connectivity index (χ1n) is 10.1. The van der Waals surface area contributed by atoms with Gasteiger partial charge in [-0.3, -0.25) is 4.79 Å². The van der Waals surface area contributed by atoms with Crippen molar-refractivity contribution in [3.8, 4) is 23.0 Å². The lowest BCUT2D eigenvalue weighted by Gasteiger charge is -2.32. The van der Waals surface area contributed by atoms with E-state index in [0.717, 1.165) is 23.8 Å². The first kappa shape index (κ1) is 20.0. The molecule has 2 aromatic heterocycles. The molecule has 1 aliphatic rings. The summed E-state index contributed by atoms with van der Waals surface area (Å²) in [4.78, 5) is 18.5. The lowest BCUT2D eigenvalue weighted by Crippen LogP contribution is -2.39. The molecule has 0 spiro atoms. The van der Waals surface area contributed by atoms with Gasteiger partial charge in [-0.1, -0.05) is 40.7 Å². The summed E-state index contributed by atoms with van der Waals surface area (Å²) in [5, 5.41) is 12.3. The van der Waals surface area contributed by atoms with Gasteiger partial charge >= 0.3 is 0 Å². The fourth-order valence-corrected chi connectivity index (χ4v) is 3.75. The number of likely N-dealkylation sites (tertiary alicyclic amines) is 1. The molecule has 2 aromatic carbocycles. The lowest BCUT2D eigenvalue weighted by atomic mass is 10.0. The number of piperidine rings is 1. The predicted octanol–water partition coefficient (Wildman–Crippen LogP) is 3.75. The largest absolute Gasteiger partial charge is 0.338 e. The lowest BCUT2D eigenvalue weighted by molar-refractivity contribution is 0.0684. The molecule has 5 rings (SSSR count). The van der Waals surface area contributed by atoms with Crippen LogP contribution in [0.3, 0.4) is 0 Å². The third-order valence-corrected chi connectivity index (χ3v) is 5.47. The van der Waals surface area contributed by atoms with Gasteiger partial charge in [-0.05, 0) is 31.0 Å². The Morgan fingerprint density at radius 1 is 1.06 bits per heavy atom. The number of benzene rings is 2. The van der Waals surface area contributed by atoms with Gasteiger partial charge in [0.2, 0.25) is 5.82 Å². The molecule has 3 heterocycles. The third-order valence-electron chi connectivity index (χ3n) is 5.47. The first-order valence-corrected chi connectivity index (χ1v) is 10.1. The minimum Gasteiger partial charge on any atom is -0.338 e. The predicted molar refractivity (Wildman–Crippen MR) is 109 cm³/mol. The van der Waals surface area contributed by atoms with Crippen molar-refractivity contribution < 1.29 is 18.1 Å². The number of halogens is 2. The summed E-state index contributed by atoms with van der Waals surface area (Å²) in [6.45, 7) is 0.792. The molecule has 0 atom stereocenters. The maximum Gasteiger partial charge on any atom is 0.280 e. The van der Waals surface area contributed by atoms with Gasteiger partial charge in [-0.15, -0.1) is 5.10 Å². The highest BCUT2D eigenvalue weighted by Gasteiger charge is 2.27. The number of carbonyl (C=O) groups excluding carboxylic acids is 1. The van der Waals surface area contributed by atoms with E-state index < -0.39 is 17.5 Å². The van der Waals surface area contributed by atoms with Crippen LogP contribution in [0.25, 0.3) is 23.0 Å². The summed E-state index contributed by atoms with van der Waals surface area (Å²) in [7, 11) is 0. The molecule has 0 saturated carbocycles. The van der Waals surface area contributed by atoms with Crippen LogP contribution in [-0.4, -0.2) is 49.0 Å². The Morgan fingerprint density at radius 2 is 1.84 bits per heavy atom. The van der Waals surface area contributed by atoms with Crippen LogP contribution < -0.4 is 0 Å². The summed E-state index contributed by atoms with van der Waals surface area (Å²) in [6.07, 6.45) is 2.94. The molecular formula is C22H18F2N6O2. The Morgan fingerprint density at radius 3 is 2.62 bits per heavy atom. The van der Waals surface area contributed by atoms with E-state index in [1.807, 2.05) is 30.3 Å². The average molecular weight is 436 g/mol. The first-order chi connectivity index (χ1) is 15.6. The van der Waals surface area contributed by atoms with Gasteiger partial charge in [-0.25, -0.2) is 13.5 Å². The zero-order valence-electron chi connectivity index (χ0n) is 16.9. The van der Waals surface area contributed by atoms with Crippen molar-refractivity contribution in [2.45, 2.75) is 18.9 Å². The maximum atomic E-state index is 13.9. The van der Waals surface area contributed by atoms with Crippen molar-refractivity contribution in [2.75, 3.05) is 13.1 Å². The second-order valence-corrected chi connectivity index (χ2v) is 7.52. The number of amides is 1. The Labute approximate surface area is 181 Å². The van der Waals surface area contributed by atoms with Crippen LogP contribution in [0.4, 0.5) is 8.78 Å². The van der Waals surface area contributed by atoms with Crippen LogP contribution in [0.15, 0.2) is 59.3 Å². The van der Waals surface area contributed by atoms with E-state index in [9.17, 15) is 13.6 Å². The minimum absolute atomic E-state index is 0.00849. The number of carbonyl (C=O) groups is 1. The molecule has 1 aliphatic heterocycles. The van der Waals surface area contributed by atoms with Crippen LogP contribution in [0.5, 0.6) is 0 Å². The number of nitrogens with zero attached hydrogens (tertiary/aromatic N) is 6. The van der Waals surface area contributed by atoms with Gasteiger partial charge < -0.3 is 9.42 Å². The normalized spacial score (nSPS) is 14.6. The van der Waals surface area contributed by atoms with Crippen LogP contribution in [0, 0.1) is 11.6 Å². The van der Waals surface area contributed by atoms with Crippen LogP contribution in [0.2, 0.25) is 0 Å². The van der Waals surface area contributed by atoms with Crippen molar-refractivity contribution in [1.29, 1.82) is 0 Å². The van der Waals surface area contributed by atoms with Crippen molar-refractivity contribution in [2.24, 2.45) is 0 Å². The fourth-order valence-electron chi connectivity index (χ4n) is 3.75. The SMILES string of the molecule is O=C(c1cc(F)ccc1F)N1CCC(n2cc(-c3nc(-c4ccccc4)no3)nn2)CC1. The molecule has 0 aliphatic carbocycles. The standard InChI is InChI=1S/C22H18F2N6O2/c23-15-6-7-18(24)17(12-15)22(31)29-10-8-16(9-11-29)30-13-19(26-28-30)21-25-20(27-32-21)14-4-2-1-3-5-14/h1-7,12-13,16H,8-11H2. The summed E-state index contributed by atoms with van der Waals surface area (Å²) in [6, 6.07) is 12.4. The zero-order chi connectivity index (χ0) is 22.1. The zero-order valence-corrected chi connectivity index (χ0v) is 16.9. The highest BCUT2D eigenvalue weighted by molar-refractivity contribution is 5.94. The summed E-state index contributed by atoms with van der Waals surface area (Å²) in [5.41, 5.74) is 1.04. The van der Waals surface area contributed by atoms with Gasteiger partial charge in [0.15, 0.2) is 5.69 Å². The van der Waals surface area contributed by atoms with E-state index in [2.05, 4.69) is 20.5 Å². The summed E-state index contributed by atoms with van der Waals surface area (Å²) >= 11 is 0. The monoisotopic (exact) mass is 436 g/mol. The molecule has 0 radical (unpaired) electrons. The van der Waals surface area contributed by atoms with E-state index in [-0.39, 0.29) is 17.5 Å². The third kappa shape index (κ3) is 3.86. The molecule has 8 nitrogen and oxygen atoms in total. The Balaban J connectivity index is 1.25. The highest BCUT2D eigenvalue weighted by atomic mass is 19.1. The van der Waals surface area contributed by atoms with E-state index >= 15 is 0 Å². The second kappa shape index (κ2) is 8.29. The van der Waals surface area contributed by atoms with Crippen LogP contribution in [0.1, 0.15) is 29.2 Å². The van der Waals surface area contributed by atoms with Gasteiger partial charge in [0, 0.05) is 18.7 Å². The van der Waals surface area contributed by atoms with Crippen molar-refractivity contribution in [3.63, 3.8) is 0 Å². The molecule has 32 heavy (non-hydrogen) atoms. The fraction of sp³-hybridized carbons (Fsp3) is 0.227. The van der Waals surface area contributed by atoms with Crippen molar-refractivity contribution >= 4 is 5.91 Å². The molecular weight excluding hydrogens is 418 g/mol. The topological polar surface area (TPSA) is 89.9 Å². The summed E-state index contributed by atoms with van der Waals surface area (Å²) < 4.78 is 34.4. The quantitative estimate of drug-likeness (QED) is 0.484. The molecule has 162 valence electrons. The van der Waals surface area contributed by atoms with Crippen LogP contribution >= 0.6 is 0 Å². The second-order valence-electron chi connectivity index (χ2n) is 7.52. The molecule has 0 bridgehead atoms. The van der Waals surface area contributed by atoms with E-state index in [1.54, 1.807) is 10.9 Å². The number of rotatable bonds is 4. The Hall–Kier alpha value is -3.95. The van der Waals surface area contributed by atoms with Gasteiger partial charge in [-0.2, -0.15) is 4.98 Å². The van der Waals surface area contributed by atoms with E-state index in [0.29, 0.717) is 37.4 Å². The molecule has 4 aromatic rings. The van der Waals surface area contributed by atoms with Gasteiger partial charge in [0.25, 0.3) is 11.8 Å². The van der Waals surface area contributed by atoms with Crippen molar-refractivity contribution in [1.82, 2.24) is 30.0 Å². The van der Waals surface area contributed by atoms with Crippen LogP contribution in [-0.2, 0) is 0 Å². The number of aromatic nitrogens is 5. The molecule has 1 fully saturated rings. The smallest absolute Gasteiger partial charge is 0.280 e. The molecule has 10 heteroatoms. The Kier molecular flexibility index (Phi) is 5.18. The number of hydrogen-bond acceptors (Lipinski definition) is 6. The average Bonchev–Trinajstić information content (AvgIpc) is 3.51. The number of hydrogen-bond donors (Lipinski definition) is 0.